The predicted molar refractivity (Wildman–Crippen MR) is 170 cm³/mol. The number of amides is 4. The summed E-state index contributed by atoms with van der Waals surface area (Å²) < 4.78 is 17.7. The van der Waals surface area contributed by atoms with Gasteiger partial charge in [0.25, 0.3) is 5.91 Å². The van der Waals surface area contributed by atoms with Crippen molar-refractivity contribution >= 4 is 29.4 Å². The summed E-state index contributed by atoms with van der Waals surface area (Å²) in [5.74, 6) is -0.178. The van der Waals surface area contributed by atoms with Crippen LogP contribution in [0.4, 0.5) is 21.0 Å². The Bertz CT molecular complexity index is 1240. The van der Waals surface area contributed by atoms with E-state index in [1.165, 1.54) is 11.0 Å². The molecule has 0 unspecified atom stereocenters. The third kappa shape index (κ3) is 10.3. The number of fused-ring (bicyclic) bond motifs is 1. The van der Waals surface area contributed by atoms with E-state index < -0.39 is 24.3 Å². The second-order valence-corrected chi connectivity index (χ2v) is 11.2. The van der Waals surface area contributed by atoms with Crippen LogP contribution in [0.2, 0.25) is 0 Å². The highest BCUT2D eigenvalue weighted by Gasteiger charge is 2.31. The van der Waals surface area contributed by atoms with Gasteiger partial charge in [0.05, 0.1) is 37.0 Å². The first-order valence-corrected chi connectivity index (χ1v) is 15.1. The average Bonchev–Trinajstić information content (AvgIpc) is 3.01. The lowest BCUT2D eigenvalue weighted by Gasteiger charge is -2.35. The minimum absolute atomic E-state index is 0.102. The molecule has 0 bridgehead atoms. The minimum atomic E-state index is -0.530. The molecule has 0 saturated carbocycles. The van der Waals surface area contributed by atoms with E-state index in [1.807, 2.05) is 32.0 Å². The van der Waals surface area contributed by atoms with Crippen molar-refractivity contribution in [2.45, 2.75) is 58.3 Å². The standard InChI is InChI=1S/C33H46N4O7/c1-6-17-43-33(41)36(5)21-30-23(2)20-37(24(3)22-38)31(39)28-19-27(35-32(40)34-26-13-8-7-9-14-26)15-16-29(28)44-25(4)12-10-11-18-42-30/h6-9,13-16,19,23-25,30,38H,1,10-12,17-18,20-22H2,2-5H3,(H2,34,35,40)/t23-,24+,25+,30+/m1/s1. The maximum Gasteiger partial charge on any atom is 0.409 e. The van der Waals surface area contributed by atoms with Crippen LogP contribution in [-0.2, 0) is 9.47 Å². The molecule has 0 fully saturated rings. The number of anilines is 2. The van der Waals surface area contributed by atoms with Gasteiger partial charge in [0.2, 0.25) is 0 Å². The molecule has 11 nitrogen and oxygen atoms in total. The van der Waals surface area contributed by atoms with Gasteiger partial charge in [0.15, 0.2) is 0 Å². The van der Waals surface area contributed by atoms with Crippen molar-refractivity contribution in [2.75, 3.05) is 50.6 Å². The zero-order chi connectivity index (χ0) is 32.1. The fourth-order valence-electron chi connectivity index (χ4n) is 4.86. The van der Waals surface area contributed by atoms with E-state index in [4.69, 9.17) is 14.2 Å². The van der Waals surface area contributed by atoms with Gasteiger partial charge in [-0.1, -0.05) is 37.8 Å². The highest BCUT2D eigenvalue weighted by Crippen LogP contribution is 2.28. The van der Waals surface area contributed by atoms with Crippen molar-refractivity contribution in [1.82, 2.24) is 9.80 Å². The van der Waals surface area contributed by atoms with Gasteiger partial charge in [0.1, 0.15) is 12.4 Å². The second-order valence-electron chi connectivity index (χ2n) is 11.2. The summed E-state index contributed by atoms with van der Waals surface area (Å²) in [6.07, 6.45) is 2.80. The molecule has 3 rings (SSSR count). The first kappa shape index (κ1) is 34.4. The fourth-order valence-corrected chi connectivity index (χ4v) is 4.86. The molecule has 1 aliphatic heterocycles. The van der Waals surface area contributed by atoms with E-state index in [2.05, 4.69) is 17.2 Å². The number of ether oxygens (including phenoxy) is 3. The van der Waals surface area contributed by atoms with Crippen LogP contribution in [0.25, 0.3) is 0 Å². The Labute approximate surface area is 260 Å². The molecule has 44 heavy (non-hydrogen) atoms. The molecule has 0 aromatic heterocycles. The number of likely N-dealkylation sites (N-methyl/N-ethyl adjacent to an activating group) is 1. The van der Waals surface area contributed by atoms with Crippen molar-refractivity contribution < 1.29 is 33.7 Å². The first-order chi connectivity index (χ1) is 21.1. The molecule has 4 amide bonds. The summed E-state index contributed by atoms with van der Waals surface area (Å²) >= 11 is 0. The Kier molecular flexibility index (Phi) is 13.5. The maximum atomic E-state index is 14.2. The van der Waals surface area contributed by atoms with Gasteiger partial charge >= 0.3 is 12.1 Å². The second kappa shape index (κ2) is 17.3. The monoisotopic (exact) mass is 610 g/mol. The molecule has 2 aromatic carbocycles. The lowest BCUT2D eigenvalue weighted by molar-refractivity contribution is -0.0164. The third-order valence-electron chi connectivity index (χ3n) is 7.43. The van der Waals surface area contributed by atoms with Crippen molar-refractivity contribution in [3.05, 3.63) is 66.7 Å². The SMILES string of the molecule is C=CCOC(=O)N(C)C[C@@H]1OCCCC[C@H](C)Oc2ccc(NC(=O)Nc3ccccc3)cc2C(=O)N([C@@H](C)CO)C[C@H]1C. The number of para-hydroxylation sites is 1. The highest BCUT2D eigenvalue weighted by molar-refractivity contribution is 6.02. The largest absolute Gasteiger partial charge is 0.490 e. The fraction of sp³-hybridized carbons (Fsp3) is 0.485. The molecule has 4 atom stereocenters. The molecular formula is C33H46N4O7. The molecule has 240 valence electrons. The van der Waals surface area contributed by atoms with Gasteiger partial charge in [-0.05, 0) is 63.4 Å². The molecule has 0 saturated heterocycles. The van der Waals surface area contributed by atoms with Crippen LogP contribution in [0.5, 0.6) is 5.75 Å². The number of urea groups is 1. The van der Waals surface area contributed by atoms with Crippen LogP contribution in [0.1, 0.15) is 50.4 Å². The summed E-state index contributed by atoms with van der Waals surface area (Å²) in [7, 11) is 1.64. The van der Waals surface area contributed by atoms with Gasteiger partial charge in [-0.15, -0.1) is 0 Å². The summed E-state index contributed by atoms with van der Waals surface area (Å²) in [5.41, 5.74) is 1.31. The molecule has 0 aliphatic carbocycles. The van der Waals surface area contributed by atoms with Gasteiger partial charge in [-0.25, -0.2) is 9.59 Å². The lowest BCUT2D eigenvalue weighted by Crippen LogP contribution is -2.48. The topological polar surface area (TPSA) is 130 Å². The van der Waals surface area contributed by atoms with Crippen LogP contribution in [0.15, 0.2) is 61.2 Å². The Balaban J connectivity index is 1.91. The number of hydrogen-bond acceptors (Lipinski definition) is 7. The predicted octanol–water partition coefficient (Wildman–Crippen LogP) is 5.38. The van der Waals surface area contributed by atoms with E-state index in [-0.39, 0.29) is 49.8 Å². The molecule has 3 N–H and O–H groups in total. The number of carbonyl (C=O) groups is 3. The zero-order valence-corrected chi connectivity index (χ0v) is 26.2. The normalized spacial score (nSPS) is 20.2. The summed E-state index contributed by atoms with van der Waals surface area (Å²) in [6.45, 7) is 10.1. The van der Waals surface area contributed by atoms with Crippen molar-refractivity contribution in [1.29, 1.82) is 0 Å². The number of benzene rings is 2. The molecule has 11 heteroatoms. The summed E-state index contributed by atoms with van der Waals surface area (Å²) in [4.78, 5) is 42.4. The molecule has 0 spiro atoms. The molecule has 2 aromatic rings. The first-order valence-electron chi connectivity index (χ1n) is 15.1. The minimum Gasteiger partial charge on any atom is -0.490 e. The number of carbonyl (C=O) groups excluding carboxylic acids is 3. The van der Waals surface area contributed by atoms with Gasteiger partial charge in [0, 0.05) is 37.5 Å². The van der Waals surface area contributed by atoms with Crippen molar-refractivity contribution in [3.8, 4) is 5.75 Å². The number of nitrogens with zero attached hydrogens (tertiary/aromatic N) is 2. The van der Waals surface area contributed by atoms with Gasteiger partial charge in [-0.2, -0.15) is 0 Å². The average molecular weight is 611 g/mol. The number of nitrogens with one attached hydrogen (secondary N) is 2. The molecular weight excluding hydrogens is 564 g/mol. The number of aliphatic hydroxyl groups excluding tert-OH is 1. The smallest absolute Gasteiger partial charge is 0.409 e. The lowest BCUT2D eigenvalue weighted by atomic mass is 10.0. The Morgan fingerprint density at radius 3 is 2.59 bits per heavy atom. The zero-order valence-electron chi connectivity index (χ0n) is 26.2. The van der Waals surface area contributed by atoms with E-state index in [0.29, 0.717) is 23.7 Å². The van der Waals surface area contributed by atoms with Gasteiger partial charge in [-0.3, -0.25) is 4.79 Å². The van der Waals surface area contributed by atoms with E-state index in [0.717, 1.165) is 19.3 Å². The van der Waals surface area contributed by atoms with Crippen molar-refractivity contribution in [3.63, 3.8) is 0 Å². The summed E-state index contributed by atoms with van der Waals surface area (Å²) in [6, 6.07) is 13.0. The number of hydrogen-bond donors (Lipinski definition) is 3. The van der Waals surface area contributed by atoms with Crippen LogP contribution >= 0.6 is 0 Å². The molecule has 1 aliphatic rings. The number of aliphatic hydroxyl groups is 1. The Morgan fingerprint density at radius 1 is 1.16 bits per heavy atom. The van der Waals surface area contributed by atoms with E-state index in [1.54, 1.807) is 49.2 Å². The van der Waals surface area contributed by atoms with Crippen LogP contribution in [0, 0.1) is 5.92 Å². The van der Waals surface area contributed by atoms with Crippen molar-refractivity contribution in [2.24, 2.45) is 5.92 Å². The maximum absolute atomic E-state index is 14.2. The highest BCUT2D eigenvalue weighted by atomic mass is 16.6. The van der Waals surface area contributed by atoms with Crippen LogP contribution in [0.3, 0.4) is 0 Å². The van der Waals surface area contributed by atoms with Gasteiger partial charge < -0.3 is 39.8 Å². The molecule has 1 heterocycles. The quantitative estimate of drug-likeness (QED) is 0.342. The number of rotatable bonds is 8. The van der Waals surface area contributed by atoms with Crippen LogP contribution in [-0.4, -0.2) is 91.1 Å². The van der Waals surface area contributed by atoms with E-state index >= 15 is 0 Å². The third-order valence-corrected chi connectivity index (χ3v) is 7.43. The van der Waals surface area contributed by atoms with Crippen LogP contribution < -0.4 is 15.4 Å². The Morgan fingerprint density at radius 2 is 1.89 bits per heavy atom. The Hall–Kier alpha value is -4.09. The van der Waals surface area contributed by atoms with E-state index in [9.17, 15) is 19.5 Å². The summed E-state index contributed by atoms with van der Waals surface area (Å²) in [5, 5.41) is 15.7. The molecule has 0 radical (unpaired) electrons.